The number of hydrogen-bond acceptors (Lipinski definition) is 6. The van der Waals surface area contributed by atoms with Gasteiger partial charge >= 0.3 is 5.97 Å². The molecule has 26 heavy (non-hydrogen) atoms. The van der Waals surface area contributed by atoms with Gasteiger partial charge in [0.15, 0.2) is 23.0 Å². The molecule has 0 saturated heterocycles. The molecule has 1 N–H and O–H groups in total. The highest BCUT2D eigenvalue weighted by Gasteiger charge is 2.32. The van der Waals surface area contributed by atoms with Crippen molar-refractivity contribution in [1.82, 2.24) is 0 Å². The Morgan fingerprint density at radius 1 is 1.04 bits per heavy atom. The Balaban J connectivity index is 2.03. The number of carboxylic acids is 1. The fraction of sp³-hybridized carbons (Fsp3) is 0.263. The van der Waals surface area contributed by atoms with Gasteiger partial charge in [-0.2, -0.15) is 0 Å². The van der Waals surface area contributed by atoms with Crippen molar-refractivity contribution in [3.63, 3.8) is 0 Å². The van der Waals surface area contributed by atoms with Crippen molar-refractivity contribution in [2.24, 2.45) is 0 Å². The summed E-state index contributed by atoms with van der Waals surface area (Å²) in [5, 5.41) is 9.78. The van der Waals surface area contributed by atoms with E-state index >= 15 is 0 Å². The Labute approximate surface area is 150 Å². The van der Waals surface area contributed by atoms with Crippen LogP contribution in [-0.2, 0) is 9.59 Å². The van der Waals surface area contributed by atoms with Crippen molar-refractivity contribution in [2.45, 2.75) is 11.8 Å². The first-order valence-electron chi connectivity index (χ1n) is 7.88. The number of benzene rings is 2. The number of ether oxygens (including phenoxy) is 4. The number of fused-ring (bicyclic) bond motifs is 1. The highest BCUT2D eigenvalue weighted by atomic mass is 16.7. The molecule has 1 aliphatic rings. The fourth-order valence-electron chi connectivity index (χ4n) is 3.02. The molecule has 0 aliphatic carbocycles. The lowest BCUT2D eigenvalue weighted by Crippen LogP contribution is -2.21. The molecule has 0 amide bonds. The molecule has 1 aliphatic heterocycles. The SMILES string of the molecule is COc1ccc(C(C=O)C(C(=O)O)c2ccc3c(c2)OCO3)cc1OC. The van der Waals surface area contributed by atoms with Gasteiger partial charge in [-0.05, 0) is 35.4 Å². The Kier molecular flexibility index (Phi) is 4.97. The van der Waals surface area contributed by atoms with Crippen molar-refractivity contribution in [3.05, 3.63) is 47.5 Å². The molecule has 0 aromatic heterocycles. The zero-order valence-corrected chi connectivity index (χ0v) is 14.3. The first kappa shape index (κ1) is 17.6. The molecular weight excluding hydrogens is 340 g/mol. The maximum absolute atomic E-state index is 12.0. The summed E-state index contributed by atoms with van der Waals surface area (Å²) in [6, 6.07) is 9.78. The molecule has 1 heterocycles. The van der Waals surface area contributed by atoms with Crippen molar-refractivity contribution in [3.8, 4) is 23.0 Å². The van der Waals surface area contributed by atoms with E-state index in [1.165, 1.54) is 14.2 Å². The van der Waals surface area contributed by atoms with E-state index in [2.05, 4.69) is 0 Å². The third-order valence-corrected chi connectivity index (χ3v) is 4.32. The lowest BCUT2D eigenvalue weighted by molar-refractivity contribution is -0.140. The van der Waals surface area contributed by atoms with Crippen molar-refractivity contribution < 1.29 is 33.6 Å². The maximum atomic E-state index is 12.0. The molecule has 2 aromatic carbocycles. The second-order valence-electron chi connectivity index (χ2n) is 5.70. The molecule has 0 spiro atoms. The second kappa shape index (κ2) is 7.35. The predicted octanol–water partition coefficient (Wildman–Crippen LogP) is 2.58. The molecule has 136 valence electrons. The monoisotopic (exact) mass is 358 g/mol. The predicted molar refractivity (Wildman–Crippen MR) is 91.3 cm³/mol. The largest absolute Gasteiger partial charge is 0.493 e. The van der Waals surface area contributed by atoms with Crippen LogP contribution in [0.4, 0.5) is 0 Å². The van der Waals surface area contributed by atoms with Gasteiger partial charge in [0, 0.05) is 0 Å². The smallest absolute Gasteiger partial charge is 0.312 e. The highest BCUT2D eigenvalue weighted by Crippen LogP contribution is 2.40. The number of aliphatic carboxylic acids is 1. The van der Waals surface area contributed by atoms with Crippen LogP contribution in [0.15, 0.2) is 36.4 Å². The van der Waals surface area contributed by atoms with Gasteiger partial charge in [0.25, 0.3) is 0 Å². The Hall–Kier alpha value is -3.22. The van der Waals surface area contributed by atoms with E-state index in [1.54, 1.807) is 36.4 Å². The first-order chi connectivity index (χ1) is 12.6. The minimum atomic E-state index is -1.12. The number of hydrogen-bond donors (Lipinski definition) is 1. The summed E-state index contributed by atoms with van der Waals surface area (Å²) in [6.07, 6.45) is 0.630. The number of methoxy groups -OCH3 is 2. The van der Waals surface area contributed by atoms with Gasteiger partial charge in [-0.15, -0.1) is 0 Å². The van der Waals surface area contributed by atoms with Crippen LogP contribution in [0.25, 0.3) is 0 Å². The minimum absolute atomic E-state index is 0.0866. The number of carbonyl (C=O) groups is 2. The van der Waals surface area contributed by atoms with Gasteiger partial charge in [-0.1, -0.05) is 12.1 Å². The molecule has 2 aromatic rings. The summed E-state index contributed by atoms with van der Waals surface area (Å²) in [6.45, 7) is 0.0866. The first-order valence-corrected chi connectivity index (χ1v) is 7.88. The number of carbonyl (C=O) groups excluding carboxylic acids is 1. The van der Waals surface area contributed by atoms with Gasteiger partial charge in [-0.3, -0.25) is 4.79 Å². The van der Waals surface area contributed by atoms with Crippen LogP contribution in [0.2, 0.25) is 0 Å². The van der Waals surface area contributed by atoms with Crippen LogP contribution in [-0.4, -0.2) is 38.4 Å². The van der Waals surface area contributed by atoms with Gasteiger partial charge < -0.3 is 28.8 Å². The minimum Gasteiger partial charge on any atom is -0.493 e. The Morgan fingerprint density at radius 3 is 2.38 bits per heavy atom. The van der Waals surface area contributed by atoms with Gasteiger partial charge in [0.2, 0.25) is 6.79 Å². The van der Waals surface area contributed by atoms with Crippen LogP contribution in [0.1, 0.15) is 23.0 Å². The molecule has 0 saturated carbocycles. The summed E-state index contributed by atoms with van der Waals surface area (Å²) in [5.41, 5.74) is 0.969. The van der Waals surface area contributed by atoms with Gasteiger partial charge in [-0.25, -0.2) is 0 Å². The summed E-state index contributed by atoms with van der Waals surface area (Å²) in [7, 11) is 2.98. The van der Waals surface area contributed by atoms with E-state index in [9.17, 15) is 14.7 Å². The molecule has 7 heteroatoms. The van der Waals surface area contributed by atoms with Crippen molar-refractivity contribution in [2.75, 3.05) is 21.0 Å². The van der Waals surface area contributed by atoms with Crippen molar-refractivity contribution in [1.29, 1.82) is 0 Å². The summed E-state index contributed by atoms with van der Waals surface area (Å²) < 4.78 is 21.0. The van der Waals surface area contributed by atoms with Crippen LogP contribution in [0, 0.1) is 0 Å². The molecule has 2 unspecified atom stereocenters. The maximum Gasteiger partial charge on any atom is 0.312 e. The third-order valence-electron chi connectivity index (χ3n) is 4.32. The fourth-order valence-corrected chi connectivity index (χ4v) is 3.02. The third kappa shape index (κ3) is 3.15. The van der Waals surface area contributed by atoms with Crippen LogP contribution >= 0.6 is 0 Å². The van der Waals surface area contributed by atoms with E-state index < -0.39 is 17.8 Å². The molecule has 2 atom stereocenters. The quantitative estimate of drug-likeness (QED) is 0.761. The second-order valence-corrected chi connectivity index (χ2v) is 5.70. The van der Waals surface area contributed by atoms with E-state index in [4.69, 9.17) is 18.9 Å². The Morgan fingerprint density at radius 2 is 1.73 bits per heavy atom. The molecule has 3 rings (SSSR count). The van der Waals surface area contributed by atoms with Crippen LogP contribution in [0.5, 0.6) is 23.0 Å². The molecular formula is C19H18O7. The summed E-state index contributed by atoms with van der Waals surface area (Å²) in [4.78, 5) is 23.8. The number of rotatable bonds is 7. The van der Waals surface area contributed by atoms with Gasteiger partial charge in [0.05, 0.1) is 26.1 Å². The average Bonchev–Trinajstić information content (AvgIpc) is 3.12. The number of aldehydes is 1. The number of carboxylic acid groups (broad SMARTS) is 1. The van der Waals surface area contributed by atoms with Crippen LogP contribution < -0.4 is 18.9 Å². The van der Waals surface area contributed by atoms with Gasteiger partial charge in [0.1, 0.15) is 6.29 Å². The van der Waals surface area contributed by atoms with Crippen LogP contribution in [0.3, 0.4) is 0 Å². The zero-order valence-electron chi connectivity index (χ0n) is 14.3. The molecule has 0 radical (unpaired) electrons. The van der Waals surface area contributed by atoms with Crippen molar-refractivity contribution >= 4 is 12.3 Å². The van der Waals surface area contributed by atoms with E-state index in [-0.39, 0.29) is 6.79 Å². The van der Waals surface area contributed by atoms with E-state index in [1.807, 2.05) is 0 Å². The zero-order chi connectivity index (χ0) is 18.7. The lowest BCUT2D eigenvalue weighted by atomic mass is 9.82. The summed E-state index contributed by atoms with van der Waals surface area (Å²) >= 11 is 0. The van der Waals surface area contributed by atoms with E-state index in [0.29, 0.717) is 40.4 Å². The van der Waals surface area contributed by atoms with E-state index in [0.717, 1.165) is 0 Å². The normalized spacial score (nSPS) is 14.4. The summed E-state index contributed by atoms with van der Waals surface area (Å²) in [5.74, 6) is -1.18. The molecule has 7 nitrogen and oxygen atoms in total. The lowest BCUT2D eigenvalue weighted by Gasteiger charge is -2.21. The average molecular weight is 358 g/mol. The Bertz CT molecular complexity index is 831. The molecule has 0 bridgehead atoms. The topological polar surface area (TPSA) is 91.3 Å². The molecule has 0 fully saturated rings. The highest BCUT2D eigenvalue weighted by molar-refractivity contribution is 5.84. The standard InChI is InChI=1S/C19H18O7/c1-23-14-5-3-11(7-16(14)24-2)13(9-20)18(19(21)22)12-4-6-15-17(8-12)26-10-25-15/h3-9,13,18H,10H2,1-2H3,(H,21,22).